The van der Waals surface area contributed by atoms with E-state index in [1.54, 1.807) is 12.4 Å². The SMILES string of the molecule is CCCNc1cnc(C(=O)NC2CCCC(C)C2C)cn1. The highest BCUT2D eigenvalue weighted by atomic mass is 16.1. The highest BCUT2D eigenvalue weighted by Gasteiger charge is 2.28. The number of nitrogens with zero attached hydrogens (tertiary/aromatic N) is 2. The van der Waals surface area contributed by atoms with Gasteiger partial charge in [0.05, 0.1) is 12.4 Å². The zero-order valence-corrected chi connectivity index (χ0v) is 13.2. The minimum atomic E-state index is -0.115. The van der Waals surface area contributed by atoms with E-state index in [9.17, 15) is 4.79 Å². The standard InChI is InChI=1S/C16H26N4O/c1-4-8-17-15-10-18-14(9-19-15)16(21)20-13-7-5-6-11(2)12(13)3/h9-13H,4-8H2,1-3H3,(H,17,19)(H,20,21). The van der Waals surface area contributed by atoms with Crippen molar-refractivity contribution in [3.8, 4) is 0 Å². The summed E-state index contributed by atoms with van der Waals surface area (Å²) in [5, 5.41) is 6.27. The van der Waals surface area contributed by atoms with Gasteiger partial charge in [0.1, 0.15) is 11.5 Å². The van der Waals surface area contributed by atoms with Crippen LogP contribution < -0.4 is 10.6 Å². The third-order valence-corrected chi connectivity index (χ3v) is 4.46. The predicted molar refractivity (Wildman–Crippen MR) is 84.2 cm³/mol. The van der Waals surface area contributed by atoms with Gasteiger partial charge in [-0.1, -0.05) is 33.6 Å². The number of amides is 1. The molecule has 0 aromatic carbocycles. The molecule has 5 heteroatoms. The van der Waals surface area contributed by atoms with Crippen molar-refractivity contribution >= 4 is 11.7 Å². The lowest BCUT2D eigenvalue weighted by Crippen LogP contribution is -2.43. The van der Waals surface area contributed by atoms with Gasteiger partial charge in [-0.2, -0.15) is 0 Å². The van der Waals surface area contributed by atoms with Crippen molar-refractivity contribution in [2.45, 2.75) is 52.5 Å². The summed E-state index contributed by atoms with van der Waals surface area (Å²) in [6.07, 6.45) is 7.69. The zero-order chi connectivity index (χ0) is 15.2. The summed E-state index contributed by atoms with van der Waals surface area (Å²) in [5.74, 6) is 1.78. The minimum absolute atomic E-state index is 0.115. The number of nitrogens with one attached hydrogen (secondary N) is 2. The van der Waals surface area contributed by atoms with E-state index in [0.717, 1.165) is 19.4 Å². The van der Waals surface area contributed by atoms with Crippen molar-refractivity contribution in [3.63, 3.8) is 0 Å². The van der Waals surface area contributed by atoms with Crippen molar-refractivity contribution in [2.75, 3.05) is 11.9 Å². The Morgan fingerprint density at radius 3 is 2.76 bits per heavy atom. The van der Waals surface area contributed by atoms with Crippen LogP contribution in [0.25, 0.3) is 0 Å². The van der Waals surface area contributed by atoms with Gasteiger partial charge in [0.15, 0.2) is 0 Å². The van der Waals surface area contributed by atoms with Gasteiger partial charge in [-0.15, -0.1) is 0 Å². The van der Waals surface area contributed by atoms with Crippen LogP contribution in [0.2, 0.25) is 0 Å². The van der Waals surface area contributed by atoms with E-state index in [2.05, 4.69) is 41.4 Å². The van der Waals surface area contributed by atoms with E-state index in [0.29, 0.717) is 23.3 Å². The number of anilines is 1. The number of aromatic nitrogens is 2. The monoisotopic (exact) mass is 290 g/mol. The van der Waals surface area contributed by atoms with Gasteiger partial charge in [-0.05, 0) is 24.7 Å². The largest absolute Gasteiger partial charge is 0.369 e. The second-order valence-corrected chi connectivity index (χ2v) is 6.06. The van der Waals surface area contributed by atoms with E-state index >= 15 is 0 Å². The number of rotatable bonds is 5. The minimum Gasteiger partial charge on any atom is -0.369 e. The van der Waals surface area contributed by atoms with Crippen LogP contribution in [0, 0.1) is 11.8 Å². The lowest BCUT2D eigenvalue weighted by Gasteiger charge is -2.34. The van der Waals surface area contributed by atoms with E-state index in [-0.39, 0.29) is 11.9 Å². The molecule has 1 heterocycles. The van der Waals surface area contributed by atoms with Crippen LogP contribution in [-0.2, 0) is 0 Å². The topological polar surface area (TPSA) is 66.9 Å². The van der Waals surface area contributed by atoms with Crippen molar-refractivity contribution < 1.29 is 4.79 Å². The quantitative estimate of drug-likeness (QED) is 0.875. The smallest absolute Gasteiger partial charge is 0.271 e. The Kier molecular flexibility index (Phi) is 5.53. The van der Waals surface area contributed by atoms with E-state index in [1.165, 1.54) is 12.8 Å². The fraction of sp³-hybridized carbons (Fsp3) is 0.688. The van der Waals surface area contributed by atoms with E-state index in [1.807, 2.05) is 0 Å². The summed E-state index contributed by atoms with van der Waals surface area (Å²) in [4.78, 5) is 20.7. The van der Waals surface area contributed by atoms with Gasteiger partial charge in [0.25, 0.3) is 5.91 Å². The lowest BCUT2D eigenvalue weighted by molar-refractivity contribution is 0.0885. The van der Waals surface area contributed by atoms with Crippen LogP contribution in [0.15, 0.2) is 12.4 Å². The normalized spacial score (nSPS) is 25.4. The summed E-state index contributed by atoms with van der Waals surface area (Å²) in [6.45, 7) is 7.43. The first-order valence-corrected chi connectivity index (χ1v) is 7.98. The molecule has 0 radical (unpaired) electrons. The molecule has 1 aromatic heterocycles. The van der Waals surface area contributed by atoms with Crippen LogP contribution in [0.5, 0.6) is 0 Å². The molecule has 0 bridgehead atoms. The molecule has 3 unspecified atom stereocenters. The molecule has 1 aromatic rings. The maximum absolute atomic E-state index is 12.3. The maximum atomic E-state index is 12.3. The highest BCUT2D eigenvalue weighted by Crippen LogP contribution is 2.29. The molecule has 0 saturated heterocycles. The molecular weight excluding hydrogens is 264 g/mol. The molecule has 3 atom stereocenters. The molecule has 1 aliphatic carbocycles. The summed E-state index contributed by atoms with van der Waals surface area (Å²) in [7, 11) is 0. The van der Waals surface area contributed by atoms with Crippen molar-refractivity contribution in [1.82, 2.24) is 15.3 Å². The molecule has 1 saturated carbocycles. The second-order valence-electron chi connectivity index (χ2n) is 6.06. The molecular formula is C16H26N4O. The van der Waals surface area contributed by atoms with Crippen molar-refractivity contribution in [3.05, 3.63) is 18.1 Å². The molecule has 2 rings (SSSR count). The third kappa shape index (κ3) is 4.16. The summed E-state index contributed by atoms with van der Waals surface area (Å²) >= 11 is 0. The molecule has 1 fully saturated rings. The molecule has 0 spiro atoms. The molecule has 21 heavy (non-hydrogen) atoms. The second kappa shape index (κ2) is 7.38. The van der Waals surface area contributed by atoms with Crippen LogP contribution in [-0.4, -0.2) is 28.5 Å². The Labute approximate surface area is 127 Å². The Balaban J connectivity index is 1.93. The van der Waals surface area contributed by atoms with Crippen LogP contribution in [0.3, 0.4) is 0 Å². The fourth-order valence-electron chi connectivity index (χ4n) is 2.82. The molecule has 1 aliphatic rings. The van der Waals surface area contributed by atoms with Crippen LogP contribution in [0.1, 0.15) is 56.9 Å². The van der Waals surface area contributed by atoms with Crippen molar-refractivity contribution in [1.29, 1.82) is 0 Å². The van der Waals surface area contributed by atoms with Gasteiger partial charge >= 0.3 is 0 Å². The van der Waals surface area contributed by atoms with E-state index < -0.39 is 0 Å². The molecule has 2 N–H and O–H groups in total. The number of carbonyl (C=O) groups excluding carboxylic acids is 1. The Morgan fingerprint density at radius 1 is 1.29 bits per heavy atom. The first-order valence-electron chi connectivity index (χ1n) is 7.98. The predicted octanol–water partition coefficient (Wildman–Crippen LogP) is 2.85. The fourth-order valence-corrected chi connectivity index (χ4v) is 2.82. The average Bonchev–Trinajstić information content (AvgIpc) is 2.50. The van der Waals surface area contributed by atoms with Crippen LogP contribution in [0.4, 0.5) is 5.82 Å². The van der Waals surface area contributed by atoms with Crippen molar-refractivity contribution in [2.24, 2.45) is 11.8 Å². The van der Waals surface area contributed by atoms with Gasteiger partial charge in [0.2, 0.25) is 0 Å². The first-order chi connectivity index (χ1) is 10.1. The molecule has 5 nitrogen and oxygen atoms in total. The molecule has 1 amide bonds. The molecule has 0 aliphatic heterocycles. The zero-order valence-electron chi connectivity index (χ0n) is 13.2. The summed E-state index contributed by atoms with van der Waals surface area (Å²) in [5.41, 5.74) is 0.391. The summed E-state index contributed by atoms with van der Waals surface area (Å²) in [6, 6.07) is 0.251. The Hall–Kier alpha value is -1.65. The van der Waals surface area contributed by atoms with Crippen LogP contribution >= 0.6 is 0 Å². The maximum Gasteiger partial charge on any atom is 0.271 e. The first kappa shape index (κ1) is 15.7. The molecule has 116 valence electrons. The van der Waals surface area contributed by atoms with Gasteiger partial charge in [-0.3, -0.25) is 4.79 Å². The number of carbonyl (C=O) groups is 1. The number of hydrogen-bond donors (Lipinski definition) is 2. The van der Waals surface area contributed by atoms with E-state index in [4.69, 9.17) is 0 Å². The van der Waals surface area contributed by atoms with Gasteiger partial charge in [-0.25, -0.2) is 9.97 Å². The lowest BCUT2D eigenvalue weighted by atomic mass is 9.78. The number of hydrogen-bond acceptors (Lipinski definition) is 4. The average molecular weight is 290 g/mol. The van der Waals surface area contributed by atoms with Gasteiger partial charge in [0, 0.05) is 12.6 Å². The summed E-state index contributed by atoms with van der Waals surface area (Å²) < 4.78 is 0. The Bertz CT molecular complexity index is 460. The highest BCUT2D eigenvalue weighted by molar-refractivity contribution is 5.92. The Morgan fingerprint density at radius 2 is 2.10 bits per heavy atom. The van der Waals surface area contributed by atoms with Gasteiger partial charge < -0.3 is 10.6 Å². The third-order valence-electron chi connectivity index (χ3n) is 4.46.